The highest BCUT2D eigenvalue weighted by Crippen LogP contribution is 2.34. The molecular weight excluding hydrogens is 356 g/mol. The second-order valence-electron chi connectivity index (χ2n) is 5.58. The van der Waals surface area contributed by atoms with Gasteiger partial charge in [-0.1, -0.05) is 23.7 Å². The Morgan fingerprint density at radius 3 is 2.35 bits per heavy atom. The molecule has 2 aromatic carbocycles. The number of carbonyl (C=O) groups is 3. The number of carbonyl (C=O) groups excluding carboxylic acids is 3. The average molecular weight is 367 g/mol. The van der Waals surface area contributed by atoms with Gasteiger partial charge in [-0.3, -0.25) is 14.4 Å². The fourth-order valence-electron chi connectivity index (χ4n) is 2.75. The van der Waals surface area contributed by atoms with E-state index in [1.165, 1.54) is 24.7 Å². The number of hydrogen-bond acceptors (Lipinski definition) is 4. The number of aromatic nitrogens is 2. The lowest BCUT2D eigenvalue weighted by Gasteiger charge is -2.16. The second kappa shape index (κ2) is 6.12. The fourth-order valence-corrected chi connectivity index (χ4v) is 3.02. The standard InChI is InChI=1S/C18H11ClN4O3/c19-13-7-10(22-16(24)14-8-20-9-21-14)5-6-15(13)23-17(25)11-3-1-2-4-12(11)18(23)26/h1-9H,(H,20,21)(H,22,24). The first-order chi connectivity index (χ1) is 12.6. The van der Waals surface area contributed by atoms with Gasteiger partial charge in [0.15, 0.2) is 0 Å². The minimum Gasteiger partial charge on any atom is -0.341 e. The maximum atomic E-state index is 12.5. The number of nitrogens with zero attached hydrogens (tertiary/aromatic N) is 2. The van der Waals surface area contributed by atoms with Crippen LogP contribution >= 0.6 is 11.6 Å². The molecule has 128 valence electrons. The number of anilines is 2. The van der Waals surface area contributed by atoms with Crippen LogP contribution in [-0.2, 0) is 0 Å². The molecule has 3 amide bonds. The number of hydrogen-bond donors (Lipinski definition) is 2. The highest BCUT2D eigenvalue weighted by molar-refractivity contribution is 6.40. The lowest BCUT2D eigenvalue weighted by Crippen LogP contribution is -2.29. The summed E-state index contributed by atoms with van der Waals surface area (Å²) in [6.07, 6.45) is 2.79. The summed E-state index contributed by atoms with van der Waals surface area (Å²) in [4.78, 5) is 44.6. The molecule has 0 bridgehead atoms. The summed E-state index contributed by atoms with van der Waals surface area (Å²) in [6, 6.07) is 11.2. The smallest absolute Gasteiger partial charge is 0.273 e. The van der Waals surface area contributed by atoms with Crippen LogP contribution in [0.3, 0.4) is 0 Å². The maximum Gasteiger partial charge on any atom is 0.273 e. The van der Waals surface area contributed by atoms with E-state index in [0.29, 0.717) is 22.5 Å². The lowest BCUT2D eigenvalue weighted by atomic mass is 10.1. The van der Waals surface area contributed by atoms with Crippen molar-refractivity contribution in [1.29, 1.82) is 0 Å². The molecule has 2 N–H and O–H groups in total. The molecule has 26 heavy (non-hydrogen) atoms. The molecule has 1 aliphatic rings. The van der Waals surface area contributed by atoms with Gasteiger partial charge in [-0.2, -0.15) is 0 Å². The maximum absolute atomic E-state index is 12.5. The van der Waals surface area contributed by atoms with E-state index in [9.17, 15) is 14.4 Å². The molecule has 0 saturated carbocycles. The van der Waals surface area contributed by atoms with E-state index in [0.717, 1.165) is 4.90 Å². The molecule has 1 aromatic heterocycles. The van der Waals surface area contributed by atoms with E-state index in [2.05, 4.69) is 15.3 Å². The Hall–Kier alpha value is -3.45. The van der Waals surface area contributed by atoms with Crippen molar-refractivity contribution in [1.82, 2.24) is 9.97 Å². The quantitative estimate of drug-likeness (QED) is 0.696. The Labute approximate surface area is 152 Å². The monoisotopic (exact) mass is 366 g/mol. The third kappa shape index (κ3) is 2.55. The van der Waals surface area contributed by atoms with E-state index in [4.69, 9.17) is 11.6 Å². The van der Waals surface area contributed by atoms with Crippen LogP contribution < -0.4 is 10.2 Å². The second-order valence-corrected chi connectivity index (χ2v) is 5.98. The number of imide groups is 1. The van der Waals surface area contributed by atoms with Gasteiger partial charge in [0.2, 0.25) is 0 Å². The van der Waals surface area contributed by atoms with Crippen LogP contribution in [0.2, 0.25) is 5.02 Å². The van der Waals surface area contributed by atoms with Crippen molar-refractivity contribution < 1.29 is 14.4 Å². The molecule has 0 aliphatic carbocycles. The summed E-state index contributed by atoms with van der Waals surface area (Å²) in [5.74, 6) is -1.24. The summed E-state index contributed by atoms with van der Waals surface area (Å²) in [5, 5.41) is 2.83. The minimum absolute atomic E-state index is 0.168. The highest BCUT2D eigenvalue weighted by atomic mass is 35.5. The van der Waals surface area contributed by atoms with Gasteiger partial charge < -0.3 is 10.3 Å². The Morgan fingerprint density at radius 2 is 1.77 bits per heavy atom. The molecule has 0 spiro atoms. The van der Waals surface area contributed by atoms with E-state index in [1.807, 2.05) is 0 Å². The molecule has 7 nitrogen and oxygen atoms in total. The van der Waals surface area contributed by atoms with E-state index >= 15 is 0 Å². The van der Waals surface area contributed by atoms with Crippen molar-refractivity contribution in [3.8, 4) is 0 Å². The molecule has 2 heterocycles. The van der Waals surface area contributed by atoms with Crippen molar-refractivity contribution in [2.75, 3.05) is 10.2 Å². The zero-order valence-electron chi connectivity index (χ0n) is 13.2. The van der Waals surface area contributed by atoms with Crippen molar-refractivity contribution in [3.63, 3.8) is 0 Å². The summed E-state index contributed by atoms with van der Waals surface area (Å²) in [5.41, 5.74) is 1.66. The molecule has 0 saturated heterocycles. The van der Waals surface area contributed by atoms with Crippen LogP contribution in [0.4, 0.5) is 11.4 Å². The number of H-pyrrole nitrogens is 1. The first kappa shape index (κ1) is 16.0. The number of imidazole rings is 1. The van der Waals surface area contributed by atoms with Crippen molar-refractivity contribution in [2.45, 2.75) is 0 Å². The van der Waals surface area contributed by atoms with Crippen molar-refractivity contribution in [2.24, 2.45) is 0 Å². The van der Waals surface area contributed by atoms with Crippen LogP contribution in [0.25, 0.3) is 0 Å². The third-order valence-electron chi connectivity index (χ3n) is 3.98. The summed E-state index contributed by atoms with van der Waals surface area (Å²) >= 11 is 6.27. The van der Waals surface area contributed by atoms with Gasteiger partial charge in [0.25, 0.3) is 17.7 Å². The zero-order chi connectivity index (χ0) is 18.3. The number of fused-ring (bicyclic) bond motifs is 1. The van der Waals surface area contributed by atoms with Gasteiger partial charge in [0.05, 0.1) is 34.4 Å². The number of benzene rings is 2. The van der Waals surface area contributed by atoms with Crippen LogP contribution in [0.15, 0.2) is 55.0 Å². The SMILES string of the molecule is O=C(Nc1ccc(N2C(=O)c3ccccc3C2=O)c(Cl)c1)c1cnc[nH]1. The molecule has 4 rings (SSSR count). The Morgan fingerprint density at radius 1 is 1.08 bits per heavy atom. The molecule has 1 aliphatic heterocycles. The number of nitrogens with one attached hydrogen (secondary N) is 2. The lowest BCUT2D eigenvalue weighted by molar-refractivity contribution is 0.0924. The molecule has 0 unspecified atom stereocenters. The Kier molecular flexibility index (Phi) is 3.78. The van der Waals surface area contributed by atoms with Gasteiger partial charge in [0, 0.05) is 5.69 Å². The topological polar surface area (TPSA) is 95.2 Å². The van der Waals surface area contributed by atoms with Crippen LogP contribution in [0.1, 0.15) is 31.2 Å². The largest absolute Gasteiger partial charge is 0.341 e. The van der Waals surface area contributed by atoms with Gasteiger partial charge in [-0.15, -0.1) is 0 Å². The van der Waals surface area contributed by atoms with E-state index in [1.54, 1.807) is 30.3 Å². The van der Waals surface area contributed by atoms with E-state index < -0.39 is 11.8 Å². The van der Waals surface area contributed by atoms with Crippen LogP contribution in [0.5, 0.6) is 0 Å². The number of halogens is 1. The van der Waals surface area contributed by atoms with Gasteiger partial charge in [-0.25, -0.2) is 9.88 Å². The van der Waals surface area contributed by atoms with Crippen molar-refractivity contribution >= 4 is 40.7 Å². The van der Waals surface area contributed by atoms with Crippen molar-refractivity contribution in [3.05, 3.63) is 76.8 Å². The number of rotatable bonds is 3. The first-order valence-corrected chi connectivity index (χ1v) is 8.01. The van der Waals surface area contributed by atoms with Gasteiger partial charge in [-0.05, 0) is 30.3 Å². The normalized spacial score (nSPS) is 13.0. The van der Waals surface area contributed by atoms with Gasteiger partial charge in [0.1, 0.15) is 5.69 Å². The zero-order valence-corrected chi connectivity index (χ0v) is 13.9. The summed E-state index contributed by atoms with van der Waals surface area (Å²) in [7, 11) is 0. The number of aromatic amines is 1. The Balaban J connectivity index is 1.62. The molecular formula is C18H11ClN4O3. The van der Waals surface area contributed by atoms with E-state index in [-0.39, 0.29) is 16.6 Å². The first-order valence-electron chi connectivity index (χ1n) is 7.63. The average Bonchev–Trinajstić information content (AvgIpc) is 3.25. The molecule has 3 aromatic rings. The fraction of sp³-hybridized carbons (Fsp3) is 0. The molecule has 0 fully saturated rings. The summed E-state index contributed by atoms with van der Waals surface area (Å²) in [6.45, 7) is 0. The van der Waals surface area contributed by atoms with Crippen LogP contribution in [0, 0.1) is 0 Å². The Bertz CT molecular complexity index is 1010. The van der Waals surface area contributed by atoms with Gasteiger partial charge >= 0.3 is 0 Å². The van der Waals surface area contributed by atoms with Crippen LogP contribution in [-0.4, -0.2) is 27.7 Å². The predicted molar refractivity (Wildman–Crippen MR) is 95.6 cm³/mol. The molecule has 0 atom stereocenters. The third-order valence-corrected chi connectivity index (χ3v) is 4.29. The predicted octanol–water partition coefficient (Wildman–Crippen LogP) is 3.12. The minimum atomic E-state index is -0.429. The summed E-state index contributed by atoms with van der Waals surface area (Å²) < 4.78 is 0. The highest BCUT2D eigenvalue weighted by Gasteiger charge is 2.37. The molecule has 0 radical (unpaired) electrons. The molecule has 8 heteroatoms. The number of amides is 3.